The van der Waals surface area contributed by atoms with Crippen LogP contribution in [0.2, 0.25) is 0 Å². The van der Waals surface area contributed by atoms with Crippen LogP contribution in [-0.4, -0.2) is 16.1 Å². The molecule has 0 saturated carbocycles. The van der Waals surface area contributed by atoms with Gasteiger partial charge in [0, 0.05) is 25.1 Å². The van der Waals surface area contributed by atoms with Gasteiger partial charge >= 0.3 is 0 Å². The molecule has 0 heterocycles. The van der Waals surface area contributed by atoms with Crippen molar-refractivity contribution in [3.8, 4) is 17.2 Å². The molecule has 70 valence electrons. The quantitative estimate of drug-likeness (QED) is 0.584. The standard InChI is InChI=1S/C8H9NO4/c1-5(10)9-13-8-3-6(11)2-7(12)4-8/h2-4,11-12H,1H3,(H,9,10). The first kappa shape index (κ1) is 9.18. The van der Waals surface area contributed by atoms with E-state index in [2.05, 4.69) is 5.48 Å². The van der Waals surface area contributed by atoms with Gasteiger partial charge in [0.1, 0.15) is 11.5 Å². The van der Waals surface area contributed by atoms with E-state index in [1.165, 1.54) is 19.1 Å². The molecule has 5 nitrogen and oxygen atoms in total. The summed E-state index contributed by atoms with van der Waals surface area (Å²) in [5.41, 5.74) is 2.06. The highest BCUT2D eigenvalue weighted by Crippen LogP contribution is 2.24. The van der Waals surface area contributed by atoms with Gasteiger partial charge in [-0.2, -0.15) is 5.48 Å². The van der Waals surface area contributed by atoms with Crippen LogP contribution in [0.25, 0.3) is 0 Å². The SMILES string of the molecule is CC(=O)NOc1cc(O)cc(O)c1. The second-order valence-electron chi connectivity index (χ2n) is 2.45. The molecule has 0 atom stereocenters. The zero-order valence-corrected chi connectivity index (χ0v) is 6.94. The minimum absolute atomic E-state index is 0.139. The molecule has 0 aliphatic rings. The highest BCUT2D eigenvalue weighted by atomic mass is 16.7. The number of nitrogens with one attached hydrogen (secondary N) is 1. The van der Waals surface area contributed by atoms with Crippen LogP contribution in [0.1, 0.15) is 6.92 Å². The molecule has 0 radical (unpaired) electrons. The van der Waals surface area contributed by atoms with Gasteiger partial charge in [0.15, 0.2) is 5.75 Å². The molecule has 0 aromatic heterocycles. The molecule has 1 rings (SSSR count). The normalized spacial score (nSPS) is 9.31. The van der Waals surface area contributed by atoms with Gasteiger partial charge in [-0.25, -0.2) is 0 Å². The minimum Gasteiger partial charge on any atom is -0.508 e. The van der Waals surface area contributed by atoms with Crippen LogP contribution in [-0.2, 0) is 4.79 Å². The topological polar surface area (TPSA) is 78.8 Å². The van der Waals surface area contributed by atoms with Gasteiger partial charge in [0.05, 0.1) is 0 Å². The molecule has 5 heteroatoms. The molecule has 0 spiro atoms. The zero-order valence-electron chi connectivity index (χ0n) is 6.94. The van der Waals surface area contributed by atoms with E-state index in [1.54, 1.807) is 0 Å². The Bertz CT molecular complexity index is 304. The summed E-state index contributed by atoms with van der Waals surface area (Å²) in [6.45, 7) is 1.28. The van der Waals surface area contributed by atoms with E-state index >= 15 is 0 Å². The van der Waals surface area contributed by atoms with Gasteiger partial charge in [0.25, 0.3) is 0 Å². The van der Waals surface area contributed by atoms with Crippen molar-refractivity contribution in [2.45, 2.75) is 6.92 Å². The summed E-state index contributed by atoms with van der Waals surface area (Å²) >= 11 is 0. The number of rotatable bonds is 2. The molecule has 0 aliphatic carbocycles. The fraction of sp³-hybridized carbons (Fsp3) is 0.125. The number of hydroxylamine groups is 1. The van der Waals surface area contributed by atoms with Crippen LogP contribution in [0.15, 0.2) is 18.2 Å². The Balaban J connectivity index is 2.71. The Labute approximate surface area is 74.5 Å². The lowest BCUT2D eigenvalue weighted by atomic mass is 10.3. The van der Waals surface area contributed by atoms with Crippen molar-refractivity contribution in [2.75, 3.05) is 0 Å². The first-order chi connectivity index (χ1) is 6.08. The Kier molecular flexibility index (Phi) is 2.59. The Morgan fingerprint density at radius 2 is 1.85 bits per heavy atom. The molecule has 0 unspecified atom stereocenters. The van der Waals surface area contributed by atoms with Gasteiger partial charge in [0.2, 0.25) is 5.91 Å². The van der Waals surface area contributed by atoms with E-state index in [4.69, 9.17) is 15.1 Å². The van der Waals surface area contributed by atoms with E-state index in [-0.39, 0.29) is 23.2 Å². The molecule has 0 fully saturated rings. The summed E-state index contributed by atoms with van der Waals surface area (Å²) in [6.07, 6.45) is 0. The minimum atomic E-state index is -0.372. The van der Waals surface area contributed by atoms with Crippen LogP contribution < -0.4 is 10.3 Å². The monoisotopic (exact) mass is 183 g/mol. The summed E-state index contributed by atoms with van der Waals surface area (Å²) in [5.74, 6) is -0.490. The second-order valence-corrected chi connectivity index (χ2v) is 2.45. The highest BCUT2D eigenvalue weighted by molar-refractivity contribution is 5.71. The van der Waals surface area contributed by atoms with E-state index < -0.39 is 0 Å². The summed E-state index contributed by atoms with van der Waals surface area (Å²) in [6, 6.07) is 3.67. The first-order valence-corrected chi connectivity index (χ1v) is 3.54. The van der Waals surface area contributed by atoms with Crippen molar-refractivity contribution >= 4 is 5.91 Å². The Morgan fingerprint density at radius 1 is 1.31 bits per heavy atom. The van der Waals surface area contributed by atoms with Crippen molar-refractivity contribution in [3.63, 3.8) is 0 Å². The molecule has 0 saturated heterocycles. The van der Waals surface area contributed by atoms with Crippen LogP contribution >= 0.6 is 0 Å². The maximum absolute atomic E-state index is 10.4. The van der Waals surface area contributed by atoms with Gasteiger partial charge in [-0.1, -0.05) is 0 Å². The number of aromatic hydroxyl groups is 2. The largest absolute Gasteiger partial charge is 0.508 e. The van der Waals surface area contributed by atoms with E-state index in [0.717, 1.165) is 6.07 Å². The third-order valence-corrected chi connectivity index (χ3v) is 1.19. The van der Waals surface area contributed by atoms with Crippen molar-refractivity contribution < 1.29 is 19.8 Å². The number of phenolic OH excluding ortho intramolecular Hbond substituents is 2. The highest BCUT2D eigenvalue weighted by Gasteiger charge is 2.00. The molecule has 0 aliphatic heterocycles. The van der Waals surface area contributed by atoms with Crippen LogP contribution in [0, 0.1) is 0 Å². The van der Waals surface area contributed by atoms with Gasteiger partial charge < -0.3 is 15.1 Å². The molecular weight excluding hydrogens is 174 g/mol. The van der Waals surface area contributed by atoms with Crippen molar-refractivity contribution in [1.82, 2.24) is 5.48 Å². The molecule has 3 N–H and O–H groups in total. The number of carbonyl (C=O) groups excluding carboxylic acids is 1. The molecule has 1 amide bonds. The predicted octanol–water partition coefficient (Wildman–Crippen LogP) is 0.528. The lowest BCUT2D eigenvalue weighted by molar-refractivity contribution is -0.125. The number of phenols is 2. The van der Waals surface area contributed by atoms with Crippen molar-refractivity contribution in [1.29, 1.82) is 0 Å². The van der Waals surface area contributed by atoms with Gasteiger partial charge in [-0.3, -0.25) is 4.79 Å². The molecule has 13 heavy (non-hydrogen) atoms. The van der Waals surface area contributed by atoms with E-state index in [0.29, 0.717) is 0 Å². The average Bonchev–Trinajstić information content (AvgIpc) is 1.99. The van der Waals surface area contributed by atoms with Crippen molar-refractivity contribution in [2.24, 2.45) is 0 Å². The summed E-state index contributed by atoms with van der Waals surface area (Å²) < 4.78 is 0. The average molecular weight is 183 g/mol. The molecule has 1 aromatic rings. The number of hydrogen-bond acceptors (Lipinski definition) is 4. The number of benzene rings is 1. The smallest absolute Gasteiger partial charge is 0.249 e. The van der Waals surface area contributed by atoms with E-state index in [9.17, 15) is 4.79 Å². The fourth-order valence-corrected chi connectivity index (χ4v) is 0.758. The van der Waals surface area contributed by atoms with Crippen LogP contribution in [0.5, 0.6) is 17.2 Å². The Morgan fingerprint density at radius 3 is 2.31 bits per heavy atom. The first-order valence-electron chi connectivity index (χ1n) is 3.54. The molecule has 0 bridgehead atoms. The second kappa shape index (κ2) is 3.66. The molecular formula is C8H9NO4. The maximum atomic E-state index is 10.4. The zero-order chi connectivity index (χ0) is 9.84. The van der Waals surface area contributed by atoms with Crippen LogP contribution in [0.3, 0.4) is 0 Å². The number of carbonyl (C=O) groups is 1. The Hall–Kier alpha value is -1.91. The number of hydrogen-bond donors (Lipinski definition) is 3. The lowest BCUT2D eigenvalue weighted by Crippen LogP contribution is -2.23. The summed E-state index contributed by atoms with van der Waals surface area (Å²) in [5, 5.41) is 18.0. The van der Waals surface area contributed by atoms with Crippen LogP contribution in [0.4, 0.5) is 0 Å². The van der Waals surface area contributed by atoms with E-state index in [1.807, 2.05) is 0 Å². The number of amides is 1. The summed E-state index contributed by atoms with van der Waals surface area (Å²) in [7, 11) is 0. The van der Waals surface area contributed by atoms with Gasteiger partial charge in [-0.05, 0) is 0 Å². The summed E-state index contributed by atoms with van der Waals surface area (Å²) in [4.78, 5) is 15.1. The third-order valence-electron chi connectivity index (χ3n) is 1.19. The predicted molar refractivity (Wildman–Crippen MR) is 44.2 cm³/mol. The third kappa shape index (κ3) is 2.90. The molecule has 1 aromatic carbocycles. The van der Waals surface area contributed by atoms with Crippen molar-refractivity contribution in [3.05, 3.63) is 18.2 Å². The van der Waals surface area contributed by atoms with Gasteiger partial charge in [-0.15, -0.1) is 0 Å². The maximum Gasteiger partial charge on any atom is 0.249 e. The lowest BCUT2D eigenvalue weighted by Gasteiger charge is -2.05. The fourth-order valence-electron chi connectivity index (χ4n) is 0.758.